The standard InChI is InChI=1S/C25H20FN3O2/c1-2-30-24-14-18(9-12-23(24)31-16-17-7-10-20(26)11-8-17)13-19(15-27)25-28-21-5-3-4-6-22(21)29-25/h3-14H,2,16H2,1H3,(H,28,29)/b19-13-. The highest BCUT2D eigenvalue weighted by Gasteiger charge is 2.10. The Morgan fingerprint density at radius 3 is 2.61 bits per heavy atom. The van der Waals surface area contributed by atoms with Crippen molar-refractivity contribution in [1.29, 1.82) is 5.26 Å². The summed E-state index contributed by atoms with van der Waals surface area (Å²) in [5.74, 6) is 1.37. The van der Waals surface area contributed by atoms with E-state index in [4.69, 9.17) is 9.47 Å². The number of hydrogen-bond acceptors (Lipinski definition) is 4. The van der Waals surface area contributed by atoms with Crippen molar-refractivity contribution in [3.8, 4) is 17.6 Å². The molecule has 0 spiro atoms. The van der Waals surface area contributed by atoms with E-state index in [2.05, 4.69) is 16.0 Å². The lowest BCUT2D eigenvalue weighted by molar-refractivity contribution is 0.269. The van der Waals surface area contributed by atoms with E-state index >= 15 is 0 Å². The van der Waals surface area contributed by atoms with Crippen LogP contribution in [-0.2, 0) is 6.61 Å². The first-order valence-corrected chi connectivity index (χ1v) is 9.87. The third-order valence-corrected chi connectivity index (χ3v) is 4.65. The number of fused-ring (bicyclic) bond motifs is 1. The van der Waals surface area contributed by atoms with Crippen LogP contribution in [0.1, 0.15) is 23.9 Å². The molecule has 0 bridgehead atoms. The number of nitriles is 1. The molecule has 5 nitrogen and oxygen atoms in total. The van der Waals surface area contributed by atoms with Crippen LogP contribution in [0.5, 0.6) is 11.5 Å². The molecule has 4 rings (SSSR count). The Hall–Kier alpha value is -4.11. The molecule has 154 valence electrons. The number of H-pyrrole nitrogens is 1. The molecule has 0 saturated carbocycles. The van der Waals surface area contributed by atoms with Crippen molar-refractivity contribution in [3.63, 3.8) is 0 Å². The van der Waals surface area contributed by atoms with Crippen LogP contribution in [0.2, 0.25) is 0 Å². The van der Waals surface area contributed by atoms with Gasteiger partial charge in [0.1, 0.15) is 24.3 Å². The second kappa shape index (κ2) is 9.14. The minimum absolute atomic E-state index is 0.285. The van der Waals surface area contributed by atoms with Crippen molar-refractivity contribution in [2.45, 2.75) is 13.5 Å². The molecule has 4 aromatic rings. The van der Waals surface area contributed by atoms with E-state index in [0.717, 1.165) is 22.2 Å². The molecular weight excluding hydrogens is 393 g/mol. The summed E-state index contributed by atoms with van der Waals surface area (Å²) in [4.78, 5) is 7.67. The molecule has 0 unspecified atom stereocenters. The number of aromatic amines is 1. The number of rotatable bonds is 7. The van der Waals surface area contributed by atoms with Gasteiger partial charge in [0.05, 0.1) is 23.2 Å². The Balaban J connectivity index is 1.59. The molecule has 0 fully saturated rings. The van der Waals surface area contributed by atoms with Gasteiger partial charge < -0.3 is 14.5 Å². The van der Waals surface area contributed by atoms with Gasteiger partial charge in [0.15, 0.2) is 11.5 Å². The Labute approximate surface area is 179 Å². The fraction of sp³-hybridized carbons (Fsp3) is 0.120. The minimum atomic E-state index is -0.285. The van der Waals surface area contributed by atoms with Gasteiger partial charge in [0.25, 0.3) is 0 Å². The number of nitrogens with one attached hydrogen (secondary N) is 1. The minimum Gasteiger partial charge on any atom is -0.490 e. The zero-order valence-electron chi connectivity index (χ0n) is 16.9. The maximum atomic E-state index is 13.1. The van der Waals surface area contributed by atoms with E-state index < -0.39 is 0 Å². The number of para-hydroxylation sites is 2. The lowest BCUT2D eigenvalue weighted by Crippen LogP contribution is -2.00. The second-order valence-electron chi connectivity index (χ2n) is 6.83. The summed E-state index contributed by atoms with van der Waals surface area (Å²) in [7, 11) is 0. The van der Waals surface area contributed by atoms with E-state index in [0.29, 0.717) is 29.5 Å². The zero-order valence-corrected chi connectivity index (χ0v) is 16.9. The van der Waals surface area contributed by atoms with Crippen molar-refractivity contribution in [3.05, 3.63) is 89.5 Å². The van der Waals surface area contributed by atoms with Crippen molar-refractivity contribution < 1.29 is 13.9 Å². The highest BCUT2D eigenvalue weighted by Crippen LogP contribution is 2.31. The maximum absolute atomic E-state index is 13.1. The van der Waals surface area contributed by atoms with Gasteiger partial charge in [0.2, 0.25) is 0 Å². The van der Waals surface area contributed by atoms with Crippen molar-refractivity contribution in [2.75, 3.05) is 6.61 Å². The van der Waals surface area contributed by atoms with Gasteiger partial charge in [-0.25, -0.2) is 9.37 Å². The number of nitrogens with zero attached hydrogens (tertiary/aromatic N) is 2. The van der Waals surface area contributed by atoms with E-state index in [9.17, 15) is 9.65 Å². The fourth-order valence-corrected chi connectivity index (χ4v) is 3.14. The smallest absolute Gasteiger partial charge is 0.161 e. The second-order valence-corrected chi connectivity index (χ2v) is 6.83. The molecule has 0 aliphatic rings. The van der Waals surface area contributed by atoms with Gasteiger partial charge in [-0.1, -0.05) is 30.3 Å². The summed E-state index contributed by atoms with van der Waals surface area (Å²) in [6.07, 6.45) is 1.75. The molecule has 0 aliphatic heterocycles. The quantitative estimate of drug-likeness (QED) is 0.392. The monoisotopic (exact) mass is 413 g/mol. The van der Waals surface area contributed by atoms with Crippen molar-refractivity contribution in [2.24, 2.45) is 0 Å². The highest BCUT2D eigenvalue weighted by atomic mass is 19.1. The van der Waals surface area contributed by atoms with Crippen LogP contribution in [-0.4, -0.2) is 16.6 Å². The van der Waals surface area contributed by atoms with Gasteiger partial charge in [-0.2, -0.15) is 5.26 Å². The van der Waals surface area contributed by atoms with Crippen LogP contribution in [0.4, 0.5) is 4.39 Å². The predicted molar refractivity (Wildman–Crippen MR) is 118 cm³/mol. The first-order valence-electron chi connectivity index (χ1n) is 9.87. The number of imidazole rings is 1. The lowest BCUT2D eigenvalue weighted by Gasteiger charge is -2.13. The van der Waals surface area contributed by atoms with Crippen molar-refractivity contribution in [1.82, 2.24) is 9.97 Å². The summed E-state index contributed by atoms with van der Waals surface area (Å²) in [5.41, 5.74) is 3.73. The van der Waals surface area contributed by atoms with Crippen molar-refractivity contribution >= 4 is 22.7 Å². The number of ether oxygens (including phenoxy) is 2. The molecule has 31 heavy (non-hydrogen) atoms. The lowest BCUT2D eigenvalue weighted by atomic mass is 10.1. The van der Waals surface area contributed by atoms with E-state index in [-0.39, 0.29) is 12.4 Å². The van der Waals surface area contributed by atoms with Crippen LogP contribution in [0, 0.1) is 17.1 Å². The van der Waals surface area contributed by atoms with Gasteiger partial charge >= 0.3 is 0 Å². The van der Waals surface area contributed by atoms with Crippen LogP contribution in [0.3, 0.4) is 0 Å². The van der Waals surface area contributed by atoms with E-state index in [1.54, 1.807) is 24.3 Å². The fourth-order valence-electron chi connectivity index (χ4n) is 3.14. The van der Waals surface area contributed by atoms with E-state index in [1.807, 2.05) is 43.3 Å². The van der Waals surface area contributed by atoms with Crippen LogP contribution in [0.25, 0.3) is 22.7 Å². The Morgan fingerprint density at radius 1 is 1.06 bits per heavy atom. The molecule has 0 saturated heterocycles. The first kappa shape index (κ1) is 20.2. The summed E-state index contributed by atoms with van der Waals surface area (Å²) in [5, 5.41) is 9.66. The largest absolute Gasteiger partial charge is 0.490 e. The number of aromatic nitrogens is 2. The summed E-state index contributed by atoms with van der Waals surface area (Å²) in [6, 6.07) is 21.5. The summed E-state index contributed by atoms with van der Waals surface area (Å²) < 4.78 is 24.7. The predicted octanol–water partition coefficient (Wildman–Crippen LogP) is 5.74. The third kappa shape index (κ3) is 4.73. The average Bonchev–Trinajstić information content (AvgIpc) is 3.22. The topological polar surface area (TPSA) is 70.9 Å². The number of allylic oxidation sites excluding steroid dienone is 1. The zero-order chi connectivity index (χ0) is 21.6. The molecule has 1 N–H and O–H groups in total. The van der Waals surface area contributed by atoms with Gasteiger partial charge in [-0.3, -0.25) is 0 Å². The van der Waals surface area contributed by atoms with E-state index in [1.165, 1.54) is 12.1 Å². The SMILES string of the molecule is CCOc1cc(/C=C(/C#N)c2nc3ccccc3[nH]2)ccc1OCc1ccc(F)cc1. The molecule has 1 heterocycles. The molecule has 3 aromatic carbocycles. The molecule has 6 heteroatoms. The van der Waals surface area contributed by atoms with Crippen LogP contribution < -0.4 is 9.47 Å². The van der Waals surface area contributed by atoms with Crippen LogP contribution >= 0.6 is 0 Å². The Bertz CT molecular complexity index is 1240. The maximum Gasteiger partial charge on any atom is 0.161 e. The first-order chi connectivity index (χ1) is 15.2. The number of hydrogen-bond donors (Lipinski definition) is 1. The molecule has 0 amide bonds. The number of benzene rings is 3. The van der Waals surface area contributed by atoms with Crippen LogP contribution in [0.15, 0.2) is 66.7 Å². The Morgan fingerprint density at radius 2 is 1.87 bits per heavy atom. The molecule has 0 radical (unpaired) electrons. The highest BCUT2D eigenvalue weighted by molar-refractivity contribution is 5.90. The Kier molecular flexibility index (Phi) is 5.95. The van der Waals surface area contributed by atoms with Gasteiger partial charge in [-0.15, -0.1) is 0 Å². The average molecular weight is 413 g/mol. The molecule has 0 atom stereocenters. The summed E-state index contributed by atoms with van der Waals surface area (Å²) >= 11 is 0. The molecule has 0 aliphatic carbocycles. The summed E-state index contributed by atoms with van der Waals surface area (Å²) in [6.45, 7) is 2.65. The normalized spacial score (nSPS) is 11.3. The number of halogens is 1. The van der Waals surface area contributed by atoms with Gasteiger partial charge in [0, 0.05) is 0 Å². The molecule has 1 aromatic heterocycles. The van der Waals surface area contributed by atoms with Gasteiger partial charge in [-0.05, 0) is 60.5 Å². The third-order valence-electron chi connectivity index (χ3n) is 4.65. The molecular formula is C25H20FN3O2.